The number of fused-ring (bicyclic) bond motifs is 4. The van der Waals surface area contributed by atoms with Crippen molar-refractivity contribution in [3.8, 4) is 45.6 Å². The lowest BCUT2D eigenvalue weighted by Crippen LogP contribution is -2.48. The Morgan fingerprint density at radius 1 is 0.803 bits per heavy atom. The van der Waals surface area contributed by atoms with E-state index in [-0.39, 0.29) is 48.4 Å². The largest absolute Gasteiger partial charge is 0.502 e. The molecule has 2 aliphatic heterocycles. The molecule has 11 heteroatoms. The van der Waals surface area contributed by atoms with Crippen LogP contribution < -0.4 is 44.8 Å². The standard InChI is InChI=1S/C55H60N2O9/c1-4-56-55(18-10-11-19-55)66-44-25-42(62-2)38-16-17-39-47-41(57-53(61)50(44)49(38)47)24-43-48(39)51(59)40(30-65-43)33-22-45(63-3)52(60)46(23-33)64-29-37(28-58)54(36-14-6-5-7-15-36)26-34-20-31-12-8-9-13-32(31)21-35(34)27-54/h5-9,12-15,20-25,34-35,37,40,51,53,56-61H,4,10-11,16-19,26-30H2,1-3H3. The Labute approximate surface area is 385 Å². The van der Waals surface area contributed by atoms with E-state index in [0.717, 1.165) is 73.0 Å². The van der Waals surface area contributed by atoms with E-state index in [0.29, 0.717) is 58.6 Å². The summed E-state index contributed by atoms with van der Waals surface area (Å²) in [7, 11) is 3.18. The number of benzene rings is 5. The summed E-state index contributed by atoms with van der Waals surface area (Å²) in [4.78, 5) is 0. The molecule has 0 aromatic heterocycles. The van der Waals surface area contributed by atoms with Crippen molar-refractivity contribution in [3.05, 3.63) is 123 Å². The molecule has 11 rings (SSSR count). The third-order valence-electron chi connectivity index (χ3n) is 15.8. The predicted octanol–water partition coefficient (Wildman–Crippen LogP) is 7.29. The minimum absolute atomic E-state index is 0.106. The van der Waals surface area contributed by atoms with Gasteiger partial charge in [0.1, 0.15) is 17.2 Å². The van der Waals surface area contributed by atoms with Crippen LogP contribution in [-0.4, -0.2) is 66.7 Å². The van der Waals surface area contributed by atoms with Gasteiger partial charge in [-0.2, -0.15) is 0 Å². The number of anilines is 1. The minimum atomic E-state index is -1.04. The molecule has 66 heavy (non-hydrogen) atoms. The maximum Gasteiger partial charge on any atom is 0.200 e. The number of phenols is 1. The van der Waals surface area contributed by atoms with E-state index in [1.807, 2.05) is 18.2 Å². The van der Waals surface area contributed by atoms with Gasteiger partial charge in [0, 0.05) is 76.8 Å². The van der Waals surface area contributed by atoms with Crippen LogP contribution in [-0.2, 0) is 18.3 Å². The third-order valence-corrected chi connectivity index (χ3v) is 15.8. The number of aliphatic hydroxyl groups excluding tert-OH is 3. The topological polar surface area (TPSA) is 151 Å². The number of phenolic OH excluding ortho intramolecular Hbond substituents is 1. The van der Waals surface area contributed by atoms with Gasteiger partial charge in [-0.15, -0.1) is 0 Å². The lowest BCUT2D eigenvalue weighted by molar-refractivity contribution is 0.0379. The van der Waals surface area contributed by atoms with Crippen molar-refractivity contribution in [2.24, 2.45) is 17.8 Å². The van der Waals surface area contributed by atoms with Crippen molar-refractivity contribution in [3.63, 3.8) is 0 Å². The van der Waals surface area contributed by atoms with E-state index < -0.39 is 24.0 Å². The Bertz CT molecular complexity index is 2760. The SMILES string of the molecule is CCNC1(Oc2cc(OC)c3c4c2C(O)Nc2cc5c(c(c2-4)CC3)C(O)C(c2cc(OC)c(O)c(OCC(CO)C3(c4ccccc4)CC4C=c6ccccc6=CC4C3)c2)CO5)CCCC1. The first-order valence-corrected chi connectivity index (χ1v) is 23.8. The van der Waals surface area contributed by atoms with Crippen LogP contribution in [0.4, 0.5) is 5.69 Å². The molecule has 0 saturated heterocycles. The van der Waals surface area contributed by atoms with Gasteiger partial charge in [-0.3, -0.25) is 5.32 Å². The molecule has 0 bridgehead atoms. The van der Waals surface area contributed by atoms with Crippen LogP contribution in [0.25, 0.3) is 23.3 Å². The van der Waals surface area contributed by atoms with Gasteiger partial charge in [0.15, 0.2) is 23.5 Å². The Hall–Kier alpha value is -5.72. The van der Waals surface area contributed by atoms with E-state index in [1.54, 1.807) is 19.2 Å². The van der Waals surface area contributed by atoms with Crippen molar-refractivity contribution in [2.45, 2.75) is 87.7 Å². The first-order chi connectivity index (χ1) is 32.2. The summed E-state index contributed by atoms with van der Waals surface area (Å²) in [5.41, 5.74) is 6.76. The van der Waals surface area contributed by atoms with Gasteiger partial charge in [-0.05, 0) is 96.2 Å². The van der Waals surface area contributed by atoms with E-state index >= 15 is 0 Å². The third kappa shape index (κ3) is 6.92. The molecule has 6 aliphatic rings. The number of ether oxygens (including phenoxy) is 5. The number of aliphatic hydroxyl groups is 3. The highest BCUT2D eigenvalue weighted by atomic mass is 16.5. The van der Waals surface area contributed by atoms with Crippen LogP contribution in [0.5, 0.6) is 34.5 Å². The summed E-state index contributed by atoms with van der Waals surface area (Å²) >= 11 is 0. The number of hydrogen-bond acceptors (Lipinski definition) is 11. The Morgan fingerprint density at radius 3 is 2.17 bits per heavy atom. The monoisotopic (exact) mass is 892 g/mol. The molecule has 11 nitrogen and oxygen atoms in total. The predicted molar refractivity (Wildman–Crippen MR) is 253 cm³/mol. The normalized spacial score (nSPS) is 25.3. The van der Waals surface area contributed by atoms with Crippen LogP contribution in [0.3, 0.4) is 0 Å². The summed E-state index contributed by atoms with van der Waals surface area (Å²) in [6.45, 7) is 3.02. The second-order valence-corrected chi connectivity index (χ2v) is 19.3. The zero-order valence-electron chi connectivity index (χ0n) is 37.9. The van der Waals surface area contributed by atoms with E-state index in [9.17, 15) is 20.4 Å². The average Bonchev–Trinajstić information content (AvgIpc) is 3.96. The van der Waals surface area contributed by atoms with Crippen LogP contribution in [0, 0.1) is 17.8 Å². The van der Waals surface area contributed by atoms with Crippen LogP contribution >= 0.6 is 0 Å². The zero-order valence-corrected chi connectivity index (χ0v) is 37.9. The molecule has 0 radical (unpaired) electrons. The highest BCUT2D eigenvalue weighted by Gasteiger charge is 2.50. The average molecular weight is 893 g/mol. The van der Waals surface area contributed by atoms with Crippen LogP contribution in [0.15, 0.2) is 78.9 Å². The molecule has 6 unspecified atom stereocenters. The fraction of sp³-hybridized carbons (Fsp3) is 0.418. The number of methoxy groups -OCH3 is 2. The molecule has 2 heterocycles. The molecule has 2 fully saturated rings. The van der Waals surface area contributed by atoms with Gasteiger partial charge in [-0.25, -0.2) is 0 Å². The summed E-state index contributed by atoms with van der Waals surface area (Å²) < 4.78 is 31.9. The van der Waals surface area contributed by atoms with E-state index in [1.165, 1.54) is 23.1 Å². The van der Waals surface area contributed by atoms with Gasteiger partial charge in [0.2, 0.25) is 5.75 Å². The first-order valence-electron chi connectivity index (χ1n) is 23.8. The van der Waals surface area contributed by atoms with Crippen molar-refractivity contribution < 1.29 is 44.1 Å². The lowest BCUT2D eigenvalue weighted by Gasteiger charge is -2.40. The number of nitrogens with one attached hydrogen (secondary N) is 2. The van der Waals surface area contributed by atoms with Crippen LogP contribution in [0.1, 0.15) is 97.1 Å². The molecule has 5 aromatic rings. The molecule has 4 aliphatic carbocycles. The molecule has 5 aromatic carbocycles. The summed E-state index contributed by atoms with van der Waals surface area (Å²) in [5.74, 6) is 1.91. The Balaban J connectivity index is 0.927. The van der Waals surface area contributed by atoms with Crippen molar-refractivity contribution in [1.29, 1.82) is 0 Å². The summed E-state index contributed by atoms with van der Waals surface area (Å²) in [6, 6.07) is 26.3. The highest BCUT2D eigenvalue weighted by Crippen LogP contribution is 2.59. The minimum Gasteiger partial charge on any atom is -0.502 e. The van der Waals surface area contributed by atoms with Gasteiger partial charge >= 0.3 is 0 Å². The zero-order chi connectivity index (χ0) is 45.3. The first kappa shape index (κ1) is 42.9. The summed E-state index contributed by atoms with van der Waals surface area (Å²) in [6.07, 6.45) is 9.55. The van der Waals surface area contributed by atoms with Crippen molar-refractivity contribution >= 4 is 17.8 Å². The molecule has 6 N–H and O–H groups in total. The molecular weight excluding hydrogens is 833 g/mol. The van der Waals surface area contributed by atoms with Gasteiger partial charge in [0.25, 0.3) is 0 Å². The Morgan fingerprint density at radius 2 is 1.48 bits per heavy atom. The molecular formula is C55H60N2O9. The lowest BCUT2D eigenvalue weighted by atomic mass is 9.68. The fourth-order valence-electron chi connectivity index (χ4n) is 12.7. The number of hydrogen-bond donors (Lipinski definition) is 6. The molecule has 0 amide bonds. The molecule has 0 spiro atoms. The highest BCUT2D eigenvalue weighted by molar-refractivity contribution is 5.93. The number of aromatic hydroxyl groups is 1. The van der Waals surface area contributed by atoms with Crippen molar-refractivity contribution in [1.82, 2.24) is 5.32 Å². The van der Waals surface area contributed by atoms with Gasteiger partial charge < -0.3 is 49.4 Å². The second-order valence-electron chi connectivity index (χ2n) is 19.3. The quantitative estimate of drug-likeness (QED) is 0.0662. The summed E-state index contributed by atoms with van der Waals surface area (Å²) in [5, 5.41) is 56.7. The van der Waals surface area contributed by atoms with E-state index in [4.69, 9.17) is 23.7 Å². The second kappa shape index (κ2) is 16.9. The maximum atomic E-state index is 12.6. The molecule has 344 valence electrons. The van der Waals surface area contributed by atoms with Gasteiger partial charge in [0.05, 0.1) is 39.1 Å². The fourth-order valence-corrected chi connectivity index (χ4v) is 12.7. The van der Waals surface area contributed by atoms with Crippen LogP contribution in [0.2, 0.25) is 0 Å². The van der Waals surface area contributed by atoms with E-state index in [2.05, 4.69) is 78.2 Å². The number of rotatable bonds is 13. The smallest absolute Gasteiger partial charge is 0.200 e. The molecule has 2 saturated carbocycles. The maximum absolute atomic E-state index is 12.6. The van der Waals surface area contributed by atoms with Crippen molar-refractivity contribution in [2.75, 3.05) is 45.9 Å². The molecule has 6 atom stereocenters. The van der Waals surface area contributed by atoms with Gasteiger partial charge in [-0.1, -0.05) is 73.7 Å². The Kier molecular flexibility index (Phi) is 11.0.